The Morgan fingerprint density at radius 3 is 2.53 bits per heavy atom. The lowest BCUT2D eigenvalue weighted by molar-refractivity contribution is -0.149. The van der Waals surface area contributed by atoms with Gasteiger partial charge < -0.3 is 10.1 Å². The second-order valence-electron chi connectivity index (χ2n) is 5.36. The Bertz CT molecular complexity index is 271. The number of hydrogen-bond donors (Lipinski definition) is 1. The van der Waals surface area contributed by atoms with Gasteiger partial charge in [0.2, 0.25) is 0 Å². The van der Waals surface area contributed by atoms with Crippen LogP contribution in [0.3, 0.4) is 0 Å². The number of esters is 1. The van der Waals surface area contributed by atoms with E-state index in [1.807, 2.05) is 13.8 Å². The van der Waals surface area contributed by atoms with E-state index in [1.165, 1.54) is 12.8 Å². The summed E-state index contributed by atoms with van der Waals surface area (Å²) in [7, 11) is 2.05. The second kappa shape index (κ2) is 5.36. The van der Waals surface area contributed by atoms with Gasteiger partial charge in [-0.05, 0) is 46.6 Å². The standard InChI is InChI=1S/C13H24N2O2/c1-4-17-13(16)9(2)15(3)12-7-10-5-6-11(8-12)14-10/h9-12,14H,4-8H2,1-3H3. The zero-order chi connectivity index (χ0) is 12.4. The topological polar surface area (TPSA) is 41.6 Å². The molecular weight excluding hydrogens is 216 g/mol. The molecule has 3 atom stereocenters. The normalized spacial score (nSPS) is 33.8. The number of piperidine rings is 1. The Labute approximate surface area is 104 Å². The third-order valence-corrected chi connectivity index (χ3v) is 4.26. The van der Waals surface area contributed by atoms with Crippen molar-refractivity contribution in [1.29, 1.82) is 0 Å². The number of rotatable bonds is 4. The second-order valence-corrected chi connectivity index (χ2v) is 5.36. The van der Waals surface area contributed by atoms with Crippen LogP contribution in [0.2, 0.25) is 0 Å². The quantitative estimate of drug-likeness (QED) is 0.749. The van der Waals surface area contributed by atoms with E-state index in [1.54, 1.807) is 0 Å². The highest BCUT2D eigenvalue weighted by atomic mass is 16.5. The van der Waals surface area contributed by atoms with Crippen LogP contribution >= 0.6 is 0 Å². The van der Waals surface area contributed by atoms with E-state index >= 15 is 0 Å². The molecule has 2 heterocycles. The zero-order valence-corrected chi connectivity index (χ0v) is 11.1. The van der Waals surface area contributed by atoms with Gasteiger partial charge in [0.25, 0.3) is 0 Å². The highest BCUT2D eigenvalue weighted by molar-refractivity contribution is 5.75. The summed E-state index contributed by atoms with van der Waals surface area (Å²) in [4.78, 5) is 13.9. The SMILES string of the molecule is CCOC(=O)C(C)N(C)C1CC2CCC(C1)N2. The van der Waals surface area contributed by atoms with Gasteiger partial charge >= 0.3 is 5.97 Å². The van der Waals surface area contributed by atoms with Crippen molar-refractivity contribution >= 4 is 5.97 Å². The first kappa shape index (κ1) is 12.8. The van der Waals surface area contributed by atoms with E-state index in [-0.39, 0.29) is 12.0 Å². The molecule has 0 aliphatic carbocycles. The van der Waals surface area contributed by atoms with Crippen molar-refractivity contribution in [1.82, 2.24) is 10.2 Å². The number of nitrogens with zero attached hydrogens (tertiary/aromatic N) is 1. The summed E-state index contributed by atoms with van der Waals surface area (Å²) in [5, 5.41) is 3.63. The molecule has 0 radical (unpaired) electrons. The van der Waals surface area contributed by atoms with Crippen LogP contribution in [0, 0.1) is 0 Å². The molecule has 4 nitrogen and oxygen atoms in total. The lowest BCUT2D eigenvalue weighted by Crippen LogP contribution is -2.51. The van der Waals surface area contributed by atoms with E-state index in [0.29, 0.717) is 24.7 Å². The van der Waals surface area contributed by atoms with Gasteiger partial charge in [0.1, 0.15) is 6.04 Å². The monoisotopic (exact) mass is 240 g/mol. The lowest BCUT2D eigenvalue weighted by Gasteiger charge is -2.37. The number of likely N-dealkylation sites (N-methyl/N-ethyl adjacent to an activating group) is 1. The van der Waals surface area contributed by atoms with Crippen molar-refractivity contribution in [3.63, 3.8) is 0 Å². The summed E-state index contributed by atoms with van der Waals surface area (Å²) < 4.78 is 5.09. The van der Waals surface area contributed by atoms with Gasteiger partial charge in [-0.1, -0.05) is 0 Å². The van der Waals surface area contributed by atoms with Crippen LogP contribution in [0.5, 0.6) is 0 Å². The molecule has 98 valence electrons. The fourth-order valence-corrected chi connectivity index (χ4v) is 3.11. The number of carbonyl (C=O) groups excluding carboxylic acids is 1. The summed E-state index contributed by atoms with van der Waals surface area (Å²) >= 11 is 0. The largest absolute Gasteiger partial charge is 0.465 e. The summed E-state index contributed by atoms with van der Waals surface area (Å²) in [6.45, 7) is 4.27. The Kier molecular flexibility index (Phi) is 4.05. The molecular formula is C13H24N2O2. The minimum Gasteiger partial charge on any atom is -0.465 e. The molecule has 0 saturated carbocycles. The Morgan fingerprint density at radius 2 is 2.00 bits per heavy atom. The first-order valence-electron chi connectivity index (χ1n) is 6.76. The van der Waals surface area contributed by atoms with Gasteiger partial charge in [0, 0.05) is 18.1 Å². The van der Waals surface area contributed by atoms with E-state index in [9.17, 15) is 4.79 Å². The van der Waals surface area contributed by atoms with Crippen molar-refractivity contribution in [2.75, 3.05) is 13.7 Å². The first-order valence-corrected chi connectivity index (χ1v) is 6.76. The summed E-state index contributed by atoms with van der Waals surface area (Å²) in [5.41, 5.74) is 0. The van der Waals surface area contributed by atoms with E-state index in [4.69, 9.17) is 4.74 Å². The predicted octanol–water partition coefficient (Wildman–Crippen LogP) is 1.15. The van der Waals surface area contributed by atoms with Crippen LogP contribution in [-0.2, 0) is 9.53 Å². The Balaban J connectivity index is 1.90. The van der Waals surface area contributed by atoms with Crippen LogP contribution in [0.25, 0.3) is 0 Å². The number of nitrogens with one attached hydrogen (secondary N) is 1. The molecule has 4 heteroatoms. The molecule has 17 heavy (non-hydrogen) atoms. The molecule has 2 aliphatic rings. The molecule has 2 rings (SSSR count). The van der Waals surface area contributed by atoms with Crippen molar-refractivity contribution < 1.29 is 9.53 Å². The molecule has 1 N–H and O–H groups in total. The van der Waals surface area contributed by atoms with Crippen LogP contribution in [0.1, 0.15) is 39.5 Å². The Hall–Kier alpha value is -0.610. The summed E-state index contributed by atoms with van der Waals surface area (Å²) in [6, 6.07) is 1.72. The van der Waals surface area contributed by atoms with Crippen LogP contribution in [-0.4, -0.2) is 48.7 Å². The van der Waals surface area contributed by atoms with Gasteiger partial charge in [0.05, 0.1) is 6.61 Å². The molecule has 2 fully saturated rings. The zero-order valence-electron chi connectivity index (χ0n) is 11.1. The number of hydrogen-bond acceptors (Lipinski definition) is 4. The van der Waals surface area contributed by atoms with Crippen LogP contribution < -0.4 is 5.32 Å². The fraction of sp³-hybridized carbons (Fsp3) is 0.923. The minimum absolute atomic E-state index is 0.0964. The summed E-state index contributed by atoms with van der Waals surface area (Å²) in [6.07, 6.45) is 4.92. The lowest BCUT2D eigenvalue weighted by atomic mass is 9.97. The van der Waals surface area contributed by atoms with Crippen LogP contribution in [0.15, 0.2) is 0 Å². The highest BCUT2D eigenvalue weighted by Crippen LogP contribution is 2.30. The molecule has 0 aromatic heterocycles. The molecule has 2 aliphatic heterocycles. The molecule has 0 spiro atoms. The molecule has 2 saturated heterocycles. The maximum Gasteiger partial charge on any atom is 0.323 e. The molecule has 0 aromatic carbocycles. The van der Waals surface area contributed by atoms with E-state index in [0.717, 1.165) is 12.8 Å². The third kappa shape index (κ3) is 2.80. The van der Waals surface area contributed by atoms with Crippen molar-refractivity contribution in [2.45, 2.75) is 63.7 Å². The van der Waals surface area contributed by atoms with Crippen LogP contribution in [0.4, 0.5) is 0 Å². The van der Waals surface area contributed by atoms with E-state index < -0.39 is 0 Å². The minimum atomic E-state index is -0.127. The van der Waals surface area contributed by atoms with Gasteiger partial charge in [-0.3, -0.25) is 9.69 Å². The van der Waals surface area contributed by atoms with Gasteiger partial charge in [-0.25, -0.2) is 0 Å². The van der Waals surface area contributed by atoms with Gasteiger partial charge in [-0.2, -0.15) is 0 Å². The van der Waals surface area contributed by atoms with Crippen molar-refractivity contribution in [3.8, 4) is 0 Å². The number of carbonyl (C=O) groups is 1. The average Bonchev–Trinajstić information content (AvgIpc) is 2.66. The van der Waals surface area contributed by atoms with E-state index in [2.05, 4.69) is 17.3 Å². The third-order valence-electron chi connectivity index (χ3n) is 4.26. The van der Waals surface area contributed by atoms with Gasteiger partial charge in [-0.15, -0.1) is 0 Å². The van der Waals surface area contributed by atoms with Crippen molar-refractivity contribution in [2.24, 2.45) is 0 Å². The number of ether oxygens (including phenoxy) is 1. The maximum absolute atomic E-state index is 11.7. The van der Waals surface area contributed by atoms with Crippen molar-refractivity contribution in [3.05, 3.63) is 0 Å². The fourth-order valence-electron chi connectivity index (χ4n) is 3.11. The molecule has 0 aromatic rings. The summed E-state index contributed by atoms with van der Waals surface area (Å²) in [5.74, 6) is -0.0964. The average molecular weight is 240 g/mol. The predicted molar refractivity (Wildman–Crippen MR) is 66.8 cm³/mol. The molecule has 0 amide bonds. The maximum atomic E-state index is 11.7. The number of fused-ring (bicyclic) bond motifs is 2. The molecule has 3 unspecified atom stereocenters. The Morgan fingerprint density at radius 1 is 1.41 bits per heavy atom. The molecule has 2 bridgehead atoms. The highest BCUT2D eigenvalue weighted by Gasteiger charge is 2.37. The smallest absolute Gasteiger partial charge is 0.323 e. The van der Waals surface area contributed by atoms with Gasteiger partial charge in [0.15, 0.2) is 0 Å². The first-order chi connectivity index (χ1) is 8.11.